The predicted octanol–water partition coefficient (Wildman–Crippen LogP) is 2.90. The van der Waals surface area contributed by atoms with E-state index in [-0.39, 0.29) is 0 Å². The zero-order chi connectivity index (χ0) is 13.2. The molecular weight excluding hydrogens is 233 g/mol. The second kappa shape index (κ2) is 5.12. The van der Waals surface area contributed by atoms with Crippen molar-refractivity contribution in [3.8, 4) is 0 Å². The molecule has 0 heterocycles. The largest absolute Gasteiger partial charge is 0.299 e. The van der Waals surface area contributed by atoms with Gasteiger partial charge >= 0.3 is 0 Å². The SMILES string of the molecule is CC(C)C(=O)CC(=O)c1c(F)cc(F)cc1F. The van der Waals surface area contributed by atoms with Gasteiger partial charge in [-0.15, -0.1) is 0 Å². The van der Waals surface area contributed by atoms with Crippen LogP contribution in [-0.2, 0) is 4.79 Å². The van der Waals surface area contributed by atoms with Crippen LogP contribution in [0.5, 0.6) is 0 Å². The van der Waals surface area contributed by atoms with E-state index in [9.17, 15) is 22.8 Å². The number of hydrogen-bond acceptors (Lipinski definition) is 2. The van der Waals surface area contributed by atoms with Gasteiger partial charge in [0.1, 0.15) is 23.2 Å². The minimum Gasteiger partial charge on any atom is -0.299 e. The van der Waals surface area contributed by atoms with E-state index in [1.54, 1.807) is 13.8 Å². The highest BCUT2D eigenvalue weighted by molar-refractivity contribution is 6.08. The molecule has 17 heavy (non-hydrogen) atoms. The molecule has 0 atom stereocenters. The molecule has 0 radical (unpaired) electrons. The molecule has 0 aromatic heterocycles. The number of rotatable bonds is 4. The number of benzene rings is 1. The number of Topliss-reactive ketones (excluding diaryl/α,β-unsaturated/α-hetero) is 2. The molecule has 0 aliphatic rings. The summed E-state index contributed by atoms with van der Waals surface area (Å²) < 4.78 is 39.0. The molecule has 2 nitrogen and oxygen atoms in total. The molecular formula is C12H11F3O2. The lowest BCUT2D eigenvalue weighted by Gasteiger charge is -2.05. The van der Waals surface area contributed by atoms with Crippen LogP contribution in [0.4, 0.5) is 13.2 Å². The Balaban J connectivity index is 3.01. The van der Waals surface area contributed by atoms with Crippen molar-refractivity contribution in [1.82, 2.24) is 0 Å². The van der Waals surface area contributed by atoms with Crippen LogP contribution in [0.15, 0.2) is 12.1 Å². The fraction of sp³-hybridized carbons (Fsp3) is 0.333. The Morgan fingerprint density at radius 1 is 1.12 bits per heavy atom. The molecule has 0 saturated heterocycles. The van der Waals surface area contributed by atoms with Crippen LogP contribution in [0.25, 0.3) is 0 Å². The minimum atomic E-state index is -1.29. The van der Waals surface area contributed by atoms with Gasteiger partial charge in [-0.05, 0) is 0 Å². The molecule has 1 aromatic carbocycles. The molecule has 1 rings (SSSR count). The Bertz CT molecular complexity index is 444. The van der Waals surface area contributed by atoms with Crippen LogP contribution in [0.1, 0.15) is 30.6 Å². The molecule has 92 valence electrons. The van der Waals surface area contributed by atoms with E-state index < -0.39 is 46.9 Å². The summed E-state index contributed by atoms with van der Waals surface area (Å²) in [6, 6.07) is 0.826. The first kappa shape index (κ1) is 13.4. The second-order valence-electron chi connectivity index (χ2n) is 3.97. The average Bonchev–Trinajstić information content (AvgIpc) is 2.15. The summed E-state index contributed by atoms with van der Waals surface area (Å²) in [5.74, 6) is -5.47. The van der Waals surface area contributed by atoms with Crippen LogP contribution in [-0.4, -0.2) is 11.6 Å². The van der Waals surface area contributed by atoms with Crippen LogP contribution in [0, 0.1) is 23.4 Å². The Labute approximate surface area is 96.4 Å². The van der Waals surface area contributed by atoms with E-state index in [0.717, 1.165) is 0 Å². The van der Waals surface area contributed by atoms with E-state index in [2.05, 4.69) is 0 Å². The van der Waals surface area contributed by atoms with Gasteiger partial charge in [-0.3, -0.25) is 9.59 Å². The highest BCUT2D eigenvalue weighted by Crippen LogP contribution is 2.17. The summed E-state index contributed by atoms with van der Waals surface area (Å²) in [7, 11) is 0. The highest BCUT2D eigenvalue weighted by Gasteiger charge is 2.22. The van der Waals surface area contributed by atoms with E-state index in [0.29, 0.717) is 12.1 Å². The van der Waals surface area contributed by atoms with Gasteiger partial charge in [0.05, 0.1) is 12.0 Å². The third kappa shape index (κ3) is 3.15. The van der Waals surface area contributed by atoms with Crippen molar-refractivity contribution in [2.24, 2.45) is 5.92 Å². The van der Waals surface area contributed by atoms with Gasteiger partial charge in [-0.1, -0.05) is 13.8 Å². The summed E-state index contributed by atoms with van der Waals surface area (Å²) >= 11 is 0. The molecule has 0 amide bonds. The molecule has 0 spiro atoms. The lowest BCUT2D eigenvalue weighted by molar-refractivity contribution is -0.121. The Kier molecular flexibility index (Phi) is 4.04. The first-order valence-electron chi connectivity index (χ1n) is 5.03. The van der Waals surface area contributed by atoms with Crippen molar-refractivity contribution in [3.63, 3.8) is 0 Å². The van der Waals surface area contributed by atoms with Gasteiger partial charge in [0.15, 0.2) is 5.78 Å². The van der Waals surface area contributed by atoms with Crippen molar-refractivity contribution in [2.45, 2.75) is 20.3 Å². The first-order chi connectivity index (χ1) is 7.82. The van der Waals surface area contributed by atoms with Gasteiger partial charge in [-0.2, -0.15) is 0 Å². The third-order valence-electron chi connectivity index (χ3n) is 2.26. The molecule has 0 aliphatic carbocycles. The predicted molar refractivity (Wildman–Crippen MR) is 55.1 cm³/mol. The summed E-state index contributed by atoms with van der Waals surface area (Å²) in [4.78, 5) is 22.8. The van der Waals surface area contributed by atoms with E-state index >= 15 is 0 Å². The minimum absolute atomic E-state index is 0.398. The quantitative estimate of drug-likeness (QED) is 0.602. The van der Waals surface area contributed by atoms with Gasteiger partial charge in [0.2, 0.25) is 0 Å². The maximum absolute atomic E-state index is 13.2. The molecule has 0 N–H and O–H groups in total. The molecule has 0 saturated carbocycles. The number of carbonyl (C=O) groups is 2. The lowest BCUT2D eigenvalue weighted by Crippen LogP contribution is -2.16. The topological polar surface area (TPSA) is 34.1 Å². The van der Waals surface area contributed by atoms with Crippen molar-refractivity contribution in [2.75, 3.05) is 0 Å². The molecule has 0 unspecified atom stereocenters. The second-order valence-corrected chi connectivity index (χ2v) is 3.97. The van der Waals surface area contributed by atoms with Crippen molar-refractivity contribution >= 4 is 11.6 Å². The Hall–Kier alpha value is -1.65. The maximum atomic E-state index is 13.2. The van der Waals surface area contributed by atoms with Crippen molar-refractivity contribution in [3.05, 3.63) is 35.1 Å². The van der Waals surface area contributed by atoms with E-state index in [1.807, 2.05) is 0 Å². The van der Waals surface area contributed by atoms with Crippen LogP contribution < -0.4 is 0 Å². The standard InChI is InChI=1S/C12H11F3O2/c1-6(2)10(16)5-11(17)12-8(14)3-7(13)4-9(12)15/h3-4,6H,5H2,1-2H3. The number of ketones is 2. The molecule has 0 aliphatic heterocycles. The summed E-state index contributed by atoms with van der Waals surface area (Å²) in [5, 5.41) is 0. The van der Waals surface area contributed by atoms with E-state index in [4.69, 9.17) is 0 Å². The summed E-state index contributed by atoms with van der Waals surface area (Å²) in [6.07, 6.45) is -0.586. The smallest absolute Gasteiger partial charge is 0.176 e. The van der Waals surface area contributed by atoms with Gasteiger partial charge in [-0.25, -0.2) is 13.2 Å². The molecule has 5 heteroatoms. The van der Waals surface area contributed by atoms with Crippen molar-refractivity contribution < 1.29 is 22.8 Å². The van der Waals surface area contributed by atoms with Crippen LogP contribution >= 0.6 is 0 Å². The van der Waals surface area contributed by atoms with Crippen molar-refractivity contribution in [1.29, 1.82) is 0 Å². The maximum Gasteiger partial charge on any atom is 0.176 e. The van der Waals surface area contributed by atoms with Crippen LogP contribution in [0.3, 0.4) is 0 Å². The Morgan fingerprint density at radius 2 is 1.59 bits per heavy atom. The van der Waals surface area contributed by atoms with Gasteiger partial charge in [0, 0.05) is 18.1 Å². The lowest BCUT2D eigenvalue weighted by atomic mass is 9.99. The highest BCUT2D eigenvalue weighted by atomic mass is 19.1. The van der Waals surface area contributed by atoms with E-state index in [1.165, 1.54) is 0 Å². The number of hydrogen-bond donors (Lipinski definition) is 0. The normalized spacial score (nSPS) is 10.7. The summed E-state index contributed by atoms with van der Waals surface area (Å²) in [6.45, 7) is 3.15. The molecule has 1 aromatic rings. The molecule has 0 bridgehead atoms. The fourth-order valence-corrected chi connectivity index (χ4v) is 1.26. The average molecular weight is 244 g/mol. The first-order valence-corrected chi connectivity index (χ1v) is 5.03. The third-order valence-corrected chi connectivity index (χ3v) is 2.26. The van der Waals surface area contributed by atoms with Crippen LogP contribution in [0.2, 0.25) is 0 Å². The zero-order valence-electron chi connectivity index (χ0n) is 9.39. The number of carbonyl (C=O) groups excluding carboxylic acids is 2. The number of halogens is 3. The van der Waals surface area contributed by atoms with Gasteiger partial charge < -0.3 is 0 Å². The Morgan fingerprint density at radius 3 is 2.00 bits per heavy atom. The fourth-order valence-electron chi connectivity index (χ4n) is 1.26. The molecule has 0 fully saturated rings. The zero-order valence-corrected chi connectivity index (χ0v) is 9.39. The monoisotopic (exact) mass is 244 g/mol. The summed E-state index contributed by atoms with van der Waals surface area (Å²) in [5.41, 5.74) is -0.861. The van der Waals surface area contributed by atoms with Gasteiger partial charge in [0.25, 0.3) is 0 Å².